The van der Waals surface area contributed by atoms with Gasteiger partial charge in [-0.3, -0.25) is 14.6 Å². The first-order chi connectivity index (χ1) is 24.1. The molecule has 9 atom stereocenters. The molecule has 0 radical (unpaired) electrons. The van der Waals surface area contributed by atoms with Gasteiger partial charge in [-0.2, -0.15) is 0 Å². The van der Waals surface area contributed by atoms with Crippen LogP contribution in [-0.2, 0) is 4.79 Å². The average Bonchev–Trinajstić information content (AvgIpc) is 3.45. The zero-order valence-corrected chi connectivity index (χ0v) is 32.4. The second-order valence-corrected chi connectivity index (χ2v) is 19.2. The van der Waals surface area contributed by atoms with Gasteiger partial charge in [0.25, 0.3) is 0 Å². The van der Waals surface area contributed by atoms with E-state index in [0.717, 1.165) is 57.4 Å². The Bertz CT molecular complexity index is 1560. The molecule has 6 aliphatic rings. The number of aliphatic hydroxyl groups is 1. The monoisotopic (exact) mass is 699 g/mol. The van der Waals surface area contributed by atoms with Crippen molar-refractivity contribution in [2.45, 2.75) is 105 Å². The zero-order chi connectivity index (χ0) is 36.6. The van der Waals surface area contributed by atoms with Gasteiger partial charge < -0.3 is 15.5 Å². The summed E-state index contributed by atoms with van der Waals surface area (Å²) in [5.41, 5.74) is 4.65. The molecule has 1 aromatic rings. The fourth-order valence-corrected chi connectivity index (χ4v) is 14.1. The summed E-state index contributed by atoms with van der Waals surface area (Å²) in [6.07, 6.45) is 13.0. The minimum Gasteiger partial charge on any atom is -0.478 e. The van der Waals surface area contributed by atoms with Crippen molar-refractivity contribution in [2.24, 2.45) is 51.2 Å². The summed E-state index contributed by atoms with van der Waals surface area (Å²) in [5, 5.41) is 22.6. The van der Waals surface area contributed by atoms with E-state index in [1.54, 1.807) is 12.1 Å². The van der Waals surface area contributed by atoms with E-state index in [1.165, 1.54) is 43.3 Å². The van der Waals surface area contributed by atoms with Crippen molar-refractivity contribution < 1.29 is 19.8 Å². The number of benzene rings is 1. The lowest BCUT2D eigenvalue weighted by atomic mass is 9.33. The maximum Gasteiger partial charge on any atom is 0.335 e. The van der Waals surface area contributed by atoms with Crippen LogP contribution in [0, 0.1) is 51.2 Å². The number of hydrogen-bond donors (Lipinski definition) is 3. The van der Waals surface area contributed by atoms with Crippen LogP contribution >= 0.6 is 0 Å². The maximum atomic E-state index is 13.9. The lowest BCUT2D eigenvalue weighted by Crippen LogP contribution is -2.68. The molecule has 0 aromatic heterocycles. The minimum absolute atomic E-state index is 0.00913. The highest BCUT2D eigenvalue weighted by Crippen LogP contribution is 2.76. The molecule has 1 aliphatic heterocycles. The van der Waals surface area contributed by atoms with Crippen LogP contribution in [0.5, 0.6) is 0 Å². The number of allylic oxidation sites excluding steroid dienone is 3. The number of carbonyl (C=O) groups is 2. The van der Waals surface area contributed by atoms with Crippen LogP contribution in [0.2, 0.25) is 0 Å². The normalized spacial score (nSPS) is 40.6. The van der Waals surface area contributed by atoms with E-state index in [1.807, 2.05) is 12.1 Å². The highest BCUT2D eigenvalue weighted by atomic mass is 16.4. The van der Waals surface area contributed by atoms with Crippen LogP contribution in [0.25, 0.3) is 5.57 Å². The second-order valence-electron chi connectivity index (χ2n) is 19.2. The van der Waals surface area contributed by atoms with Gasteiger partial charge >= 0.3 is 5.97 Å². The van der Waals surface area contributed by atoms with E-state index in [2.05, 4.69) is 69.3 Å². The van der Waals surface area contributed by atoms with Gasteiger partial charge in [0.15, 0.2) is 0 Å². The van der Waals surface area contributed by atoms with E-state index in [-0.39, 0.29) is 39.7 Å². The van der Waals surface area contributed by atoms with Crippen molar-refractivity contribution in [3.05, 3.63) is 53.6 Å². The number of nitrogens with zero attached hydrogens (tertiary/aromatic N) is 2. The van der Waals surface area contributed by atoms with Gasteiger partial charge in [0.2, 0.25) is 5.91 Å². The molecular weight excluding hydrogens is 635 g/mol. The number of hydrogen-bond acceptors (Lipinski definition) is 5. The highest BCUT2D eigenvalue weighted by Gasteiger charge is 2.70. The molecule has 5 fully saturated rings. The van der Waals surface area contributed by atoms with Crippen LogP contribution in [0.1, 0.15) is 115 Å². The zero-order valence-electron chi connectivity index (χ0n) is 32.4. The molecule has 3 N–H and O–H groups in total. The number of β-amino-alcohol motifs (C(OH)–C–C–N with tert-alkyl or cyclic N) is 1. The Morgan fingerprint density at radius 2 is 1.55 bits per heavy atom. The lowest BCUT2D eigenvalue weighted by molar-refractivity contribution is -0.219. The molecule has 1 aromatic carbocycles. The third-order valence-corrected chi connectivity index (χ3v) is 16.7. The predicted octanol–water partition coefficient (Wildman–Crippen LogP) is 7.51. The minimum atomic E-state index is -0.874. The summed E-state index contributed by atoms with van der Waals surface area (Å²) in [6, 6.07) is 7.56. The molecule has 0 bridgehead atoms. The number of rotatable bonds is 8. The van der Waals surface area contributed by atoms with Crippen LogP contribution in [0.3, 0.4) is 0 Å². The molecule has 280 valence electrons. The molecule has 5 aliphatic carbocycles. The number of carbonyl (C=O) groups excluding carboxylic acids is 1. The number of fused-ring (bicyclic) bond motifs is 7. The average molecular weight is 700 g/mol. The Balaban J connectivity index is 1.14. The van der Waals surface area contributed by atoms with Gasteiger partial charge in [-0.15, -0.1) is 0 Å². The summed E-state index contributed by atoms with van der Waals surface area (Å²) >= 11 is 0. The molecule has 3 unspecified atom stereocenters. The van der Waals surface area contributed by atoms with Gasteiger partial charge in [0, 0.05) is 38.3 Å². The molecule has 7 nitrogen and oxygen atoms in total. The molecule has 7 rings (SSSR count). The number of amides is 1. The molecule has 1 amide bonds. The quantitative estimate of drug-likeness (QED) is 0.243. The van der Waals surface area contributed by atoms with Crippen molar-refractivity contribution in [1.82, 2.24) is 15.1 Å². The topological polar surface area (TPSA) is 93.1 Å². The Morgan fingerprint density at radius 1 is 0.863 bits per heavy atom. The van der Waals surface area contributed by atoms with Crippen LogP contribution < -0.4 is 5.32 Å². The van der Waals surface area contributed by atoms with Crippen molar-refractivity contribution >= 4 is 17.4 Å². The lowest BCUT2D eigenvalue weighted by Gasteiger charge is -2.72. The third kappa shape index (κ3) is 5.78. The Labute approximate surface area is 307 Å². The van der Waals surface area contributed by atoms with Crippen molar-refractivity contribution in [3.63, 3.8) is 0 Å². The number of piperazine rings is 1. The Morgan fingerprint density at radius 3 is 2.20 bits per heavy atom. The number of aliphatic hydroxyl groups excluding tert-OH is 1. The van der Waals surface area contributed by atoms with E-state index < -0.39 is 5.97 Å². The first kappa shape index (κ1) is 36.9. The number of carboxylic acids is 1. The molecule has 51 heavy (non-hydrogen) atoms. The predicted molar refractivity (Wildman–Crippen MR) is 204 cm³/mol. The summed E-state index contributed by atoms with van der Waals surface area (Å²) in [6.45, 7) is 24.6. The summed E-state index contributed by atoms with van der Waals surface area (Å²) in [7, 11) is 0. The van der Waals surface area contributed by atoms with Crippen molar-refractivity contribution in [1.29, 1.82) is 0 Å². The second kappa shape index (κ2) is 13.1. The highest BCUT2D eigenvalue weighted by molar-refractivity contribution is 5.88. The summed E-state index contributed by atoms with van der Waals surface area (Å²) in [5.74, 6) is 1.97. The molecule has 0 spiro atoms. The largest absolute Gasteiger partial charge is 0.478 e. The van der Waals surface area contributed by atoms with Crippen molar-refractivity contribution in [3.8, 4) is 0 Å². The molecule has 1 heterocycles. The molecule has 1 saturated heterocycles. The first-order valence-electron chi connectivity index (χ1n) is 20.2. The van der Waals surface area contributed by atoms with Gasteiger partial charge in [-0.25, -0.2) is 4.79 Å². The SMILES string of the molecule is C=C(C)[C@@H]1CC[C@]2(NC(=O)CN3CCN(CCO)CC3)CC[C@]3(C)[C@H](CCC4[C@@]5(C)CC=C(c6ccc(C(=O)O)cc6)C(C)(C)C5CC[C@]43C)C12. The van der Waals surface area contributed by atoms with E-state index in [4.69, 9.17) is 0 Å². The Hall–Kier alpha value is -2.48. The van der Waals surface area contributed by atoms with E-state index in [9.17, 15) is 19.8 Å². The molecular formula is C44H65N3O4. The van der Waals surface area contributed by atoms with Gasteiger partial charge in [0.05, 0.1) is 18.7 Å². The van der Waals surface area contributed by atoms with Gasteiger partial charge in [-0.1, -0.05) is 65.0 Å². The van der Waals surface area contributed by atoms with E-state index >= 15 is 0 Å². The number of nitrogens with one attached hydrogen (secondary N) is 1. The standard InChI is InChI=1S/C44H65N3O4/c1-29(2)32-14-19-44(45-37(49)28-47-24-22-46(23-25-47)26-27-48)21-20-42(6)34(38(32)44)12-13-36-41(5)17-15-33(30-8-10-31(11-9-30)39(50)51)40(3,4)35(41)16-18-43(36,42)7/h8-11,15,32,34-36,38,48H,1,12-14,16-28H2,2-7H3,(H,45,49)(H,50,51)/t32-,34+,35?,36?,38?,41-,42+,43+,44-/m0/s1. The summed E-state index contributed by atoms with van der Waals surface area (Å²) in [4.78, 5) is 30.1. The molecule has 7 heteroatoms. The first-order valence-corrected chi connectivity index (χ1v) is 20.2. The van der Waals surface area contributed by atoms with Crippen molar-refractivity contribution in [2.75, 3.05) is 45.9 Å². The Kier molecular flexibility index (Phi) is 9.49. The van der Waals surface area contributed by atoms with Gasteiger partial charge in [-0.05, 0) is 139 Å². The molecule has 4 saturated carbocycles. The number of carboxylic acid groups (broad SMARTS) is 1. The fraction of sp³-hybridized carbons (Fsp3) is 0.727. The third-order valence-electron chi connectivity index (χ3n) is 16.7. The van der Waals surface area contributed by atoms with Crippen LogP contribution in [0.15, 0.2) is 42.5 Å². The number of aromatic carboxylic acids is 1. The van der Waals surface area contributed by atoms with Crippen LogP contribution in [0.4, 0.5) is 0 Å². The van der Waals surface area contributed by atoms with Gasteiger partial charge in [0.1, 0.15) is 0 Å². The smallest absolute Gasteiger partial charge is 0.335 e. The van der Waals surface area contributed by atoms with E-state index in [0.29, 0.717) is 48.2 Å². The fourth-order valence-electron chi connectivity index (χ4n) is 14.1. The summed E-state index contributed by atoms with van der Waals surface area (Å²) < 4.78 is 0. The maximum absolute atomic E-state index is 13.9. The van der Waals surface area contributed by atoms with Crippen LogP contribution in [-0.4, -0.2) is 83.3 Å².